The topological polar surface area (TPSA) is 0 Å². The Labute approximate surface area is 76.4 Å². The van der Waals surface area contributed by atoms with Gasteiger partial charge in [-0.3, -0.25) is 0 Å². The maximum absolute atomic E-state index is 2.34. The molecule has 0 N–H and O–H groups in total. The van der Waals surface area contributed by atoms with Crippen LogP contribution < -0.4 is 0 Å². The van der Waals surface area contributed by atoms with Crippen LogP contribution in [0.1, 0.15) is 41.5 Å². The van der Waals surface area contributed by atoms with Gasteiger partial charge in [0.25, 0.3) is 0 Å². The summed E-state index contributed by atoms with van der Waals surface area (Å²) in [7, 11) is 0. The Kier molecular flexibility index (Phi) is 1.98. The normalized spacial score (nSPS) is 22.2. The van der Waals surface area contributed by atoms with E-state index in [4.69, 9.17) is 0 Å². The van der Waals surface area contributed by atoms with Gasteiger partial charge < -0.3 is 0 Å². The van der Waals surface area contributed by atoms with Gasteiger partial charge in [0, 0.05) is 5.41 Å². The second kappa shape index (κ2) is 2.48. The predicted octanol–water partition coefficient (Wildman–Crippen LogP) is 3.95. The van der Waals surface area contributed by atoms with Crippen LogP contribution in [0.25, 0.3) is 0 Å². The van der Waals surface area contributed by atoms with Crippen molar-refractivity contribution in [2.75, 3.05) is 0 Å². The molecule has 0 aromatic heterocycles. The molecule has 0 saturated carbocycles. The van der Waals surface area contributed by atoms with Gasteiger partial charge in [-0.05, 0) is 19.3 Å². The molecule has 0 heteroatoms. The Morgan fingerprint density at radius 3 is 1.50 bits per heavy atom. The first-order chi connectivity index (χ1) is 5.30. The molecule has 1 rings (SSSR count). The van der Waals surface area contributed by atoms with Crippen molar-refractivity contribution in [3.63, 3.8) is 0 Å². The van der Waals surface area contributed by atoms with Crippen molar-refractivity contribution in [3.8, 4) is 0 Å². The van der Waals surface area contributed by atoms with Gasteiger partial charge in [-0.25, -0.2) is 0 Å². The molecular weight excluding hydrogens is 144 g/mol. The van der Waals surface area contributed by atoms with E-state index in [0.29, 0.717) is 5.41 Å². The average Bonchev–Trinajstić information content (AvgIpc) is 2.16. The third kappa shape index (κ3) is 1.05. The summed E-state index contributed by atoms with van der Waals surface area (Å²) in [5.41, 5.74) is 3.58. The molecule has 0 nitrogen and oxygen atoms in total. The fraction of sp³-hybridized carbons (Fsp3) is 0.667. The summed E-state index contributed by atoms with van der Waals surface area (Å²) >= 11 is 0. The predicted molar refractivity (Wildman–Crippen MR) is 55.1 cm³/mol. The van der Waals surface area contributed by atoms with Crippen LogP contribution in [0.2, 0.25) is 0 Å². The third-order valence-corrected chi connectivity index (χ3v) is 3.66. The van der Waals surface area contributed by atoms with Gasteiger partial charge in [0.05, 0.1) is 0 Å². The highest BCUT2D eigenvalue weighted by Gasteiger charge is 2.41. The second-order valence-corrected chi connectivity index (χ2v) is 5.07. The van der Waals surface area contributed by atoms with E-state index in [1.54, 1.807) is 0 Å². The lowest BCUT2D eigenvalue weighted by molar-refractivity contribution is 0.201. The highest BCUT2D eigenvalue weighted by molar-refractivity contribution is 5.39. The summed E-state index contributed by atoms with van der Waals surface area (Å²) < 4.78 is 0. The minimum Gasteiger partial charge on any atom is -0.0628 e. The van der Waals surface area contributed by atoms with Gasteiger partial charge in [0.1, 0.15) is 0 Å². The van der Waals surface area contributed by atoms with E-state index < -0.39 is 0 Å². The van der Waals surface area contributed by atoms with E-state index in [0.717, 1.165) is 0 Å². The van der Waals surface area contributed by atoms with Gasteiger partial charge in [-0.2, -0.15) is 0 Å². The minimum atomic E-state index is 0.271. The average molecular weight is 164 g/mol. The zero-order valence-corrected chi connectivity index (χ0v) is 9.15. The molecule has 0 unspecified atom stereocenters. The highest BCUT2D eigenvalue weighted by atomic mass is 14.5. The summed E-state index contributed by atoms with van der Waals surface area (Å²) in [5, 5.41) is 0. The lowest BCUT2D eigenvalue weighted by Gasteiger charge is -2.42. The molecule has 0 aliphatic heterocycles. The van der Waals surface area contributed by atoms with Gasteiger partial charge in [-0.1, -0.05) is 51.0 Å². The third-order valence-electron chi connectivity index (χ3n) is 3.66. The first-order valence-corrected chi connectivity index (χ1v) is 4.66. The van der Waals surface area contributed by atoms with Gasteiger partial charge in [0.15, 0.2) is 0 Å². The standard InChI is InChI=1S/C12H20/c1-9-7-8-10(2)12(9,6)11(3,4)5/h7-8H,1-6H3. The SMILES string of the molecule is CC1=CC=C(C)C1(C)C(C)(C)C. The molecule has 0 atom stereocenters. The van der Waals surface area contributed by atoms with E-state index in [-0.39, 0.29) is 5.41 Å². The first-order valence-electron chi connectivity index (χ1n) is 4.66. The molecule has 0 spiro atoms. The smallest absolute Gasteiger partial charge is 0.0141 e. The minimum absolute atomic E-state index is 0.271. The van der Waals surface area contributed by atoms with Crippen molar-refractivity contribution in [1.29, 1.82) is 0 Å². The Bertz CT molecular complexity index is 228. The van der Waals surface area contributed by atoms with Crippen molar-refractivity contribution < 1.29 is 0 Å². The molecule has 0 aromatic rings. The van der Waals surface area contributed by atoms with Crippen LogP contribution in [0.15, 0.2) is 23.3 Å². The molecule has 0 aromatic carbocycles. The Hall–Kier alpha value is -0.520. The highest BCUT2D eigenvalue weighted by Crippen LogP contribution is 2.52. The number of hydrogen-bond acceptors (Lipinski definition) is 0. The van der Waals surface area contributed by atoms with Gasteiger partial charge in [-0.15, -0.1) is 0 Å². The molecule has 0 heterocycles. The van der Waals surface area contributed by atoms with E-state index >= 15 is 0 Å². The molecule has 0 fully saturated rings. The van der Waals surface area contributed by atoms with Crippen molar-refractivity contribution >= 4 is 0 Å². The molecule has 1 aliphatic rings. The van der Waals surface area contributed by atoms with E-state index in [1.807, 2.05) is 0 Å². The number of allylic oxidation sites excluding steroid dienone is 4. The van der Waals surface area contributed by atoms with Gasteiger partial charge >= 0.3 is 0 Å². The van der Waals surface area contributed by atoms with Crippen LogP contribution in [-0.2, 0) is 0 Å². The Morgan fingerprint density at radius 1 is 1.00 bits per heavy atom. The Balaban J connectivity index is 3.15. The molecular formula is C12H20. The van der Waals surface area contributed by atoms with E-state index in [2.05, 4.69) is 53.7 Å². The van der Waals surface area contributed by atoms with Crippen LogP contribution in [-0.4, -0.2) is 0 Å². The van der Waals surface area contributed by atoms with Crippen molar-refractivity contribution in [1.82, 2.24) is 0 Å². The van der Waals surface area contributed by atoms with E-state index in [9.17, 15) is 0 Å². The largest absolute Gasteiger partial charge is 0.0628 e. The number of hydrogen-bond donors (Lipinski definition) is 0. The zero-order valence-electron chi connectivity index (χ0n) is 9.15. The molecule has 0 bridgehead atoms. The van der Waals surface area contributed by atoms with Gasteiger partial charge in [0.2, 0.25) is 0 Å². The number of rotatable bonds is 0. The monoisotopic (exact) mass is 164 g/mol. The van der Waals surface area contributed by atoms with E-state index in [1.165, 1.54) is 11.1 Å². The molecule has 0 amide bonds. The lowest BCUT2D eigenvalue weighted by Crippen LogP contribution is -2.33. The summed E-state index contributed by atoms with van der Waals surface area (Å²) in [6.07, 6.45) is 4.50. The molecule has 0 saturated heterocycles. The summed E-state index contributed by atoms with van der Waals surface area (Å²) in [6.45, 7) is 13.8. The van der Waals surface area contributed by atoms with Crippen LogP contribution in [0.3, 0.4) is 0 Å². The van der Waals surface area contributed by atoms with Crippen LogP contribution in [0, 0.1) is 10.8 Å². The van der Waals surface area contributed by atoms with Crippen LogP contribution >= 0.6 is 0 Å². The van der Waals surface area contributed by atoms with Crippen molar-refractivity contribution in [3.05, 3.63) is 23.3 Å². The van der Waals surface area contributed by atoms with Crippen LogP contribution in [0.5, 0.6) is 0 Å². The zero-order chi connectivity index (χ0) is 9.57. The maximum atomic E-state index is 2.34. The second-order valence-electron chi connectivity index (χ2n) is 5.07. The molecule has 0 radical (unpaired) electrons. The molecule has 12 heavy (non-hydrogen) atoms. The first kappa shape index (κ1) is 9.57. The van der Waals surface area contributed by atoms with Crippen molar-refractivity contribution in [2.45, 2.75) is 41.5 Å². The van der Waals surface area contributed by atoms with Crippen molar-refractivity contribution in [2.24, 2.45) is 10.8 Å². The molecule has 68 valence electrons. The summed E-state index contributed by atoms with van der Waals surface area (Å²) in [6, 6.07) is 0. The quantitative estimate of drug-likeness (QED) is 0.508. The summed E-state index contributed by atoms with van der Waals surface area (Å²) in [5.74, 6) is 0. The summed E-state index contributed by atoms with van der Waals surface area (Å²) in [4.78, 5) is 0. The van der Waals surface area contributed by atoms with Crippen LogP contribution in [0.4, 0.5) is 0 Å². The Morgan fingerprint density at radius 2 is 1.33 bits per heavy atom. The fourth-order valence-electron chi connectivity index (χ4n) is 2.08. The maximum Gasteiger partial charge on any atom is 0.0141 e. The molecule has 1 aliphatic carbocycles. The fourth-order valence-corrected chi connectivity index (χ4v) is 2.08. The lowest BCUT2D eigenvalue weighted by atomic mass is 9.62.